The number of benzene rings is 1. The van der Waals surface area contributed by atoms with Crippen molar-refractivity contribution in [1.82, 2.24) is 4.98 Å². The van der Waals surface area contributed by atoms with Crippen molar-refractivity contribution in [3.63, 3.8) is 0 Å². The molecule has 29 heavy (non-hydrogen) atoms. The first-order valence-corrected chi connectivity index (χ1v) is 9.86. The summed E-state index contributed by atoms with van der Waals surface area (Å²) in [4.78, 5) is 39.1. The molecule has 2 rings (SSSR count). The molecule has 0 aliphatic rings. The number of nitrogens with zero attached hydrogens (tertiary/aromatic N) is 1. The van der Waals surface area contributed by atoms with Gasteiger partial charge < -0.3 is 14.2 Å². The van der Waals surface area contributed by atoms with Gasteiger partial charge in [-0.3, -0.25) is 14.9 Å². The number of carbonyl (C=O) groups is 3. The second kappa shape index (κ2) is 10.6. The van der Waals surface area contributed by atoms with Crippen LogP contribution in [-0.4, -0.2) is 43.2 Å². The van der Waals surface area contributed by atoms with E-state index in [0.717, 1.165) is 22.5 Å². The molecule has 0 atom stereocenters. The van der Waals surface area contributed by atoms with Crippen LogP contribution in [0.1, 0.15) is 36.6 Å². The Morgan fingerprint density at radius 2 is 1.93 bits per heavy atom. The fraction of sp³-hybridized carbons (Fsp3) is 0.400. The standard InChI is InChI=1S/C20H24N2O6S/c1-12(2)15-6-5-13(3)7-16(15)27-10-19(25)28-9-17(23)22-20-21-14(11-29-20)8-18(24)26-4/h5-7,11-12H,8-10H2,1-4H3,(H,21,22,23). The summed E-state index contributed by atoms with van der Waals surface area (Å²) in [6.45, 7) is 5.26. The number of hydrogen-bond donors (Lipinski definition) is 1. The molecular weight excluding hydrogens is 396 g/mol. The second-order valence-electron chi connectivity index (χ2n) is 6.59. The molecule has 1 heterocycles. The molecule has 8 nitrogen and oxygen atoms in total. The van der Waals surface area contributed by atoms with E-state index in [4.69, 9.17) is 9.47 Å². The summed E-state index contributed by atoms with van der Waals surface area (Å²) in [6.07, 6.45) is 0.0204. The van der Waals surface area contributed by atoms with Gasteiger partial charge in [-0.15, -0.1) is 11.3 Å². The molecule has 0 aliphatic carbocycles. The van der Waals surface area contributed by atoms with E-state index in [9.17, 15) is 14.4 Å². The highest BCUT2D eigenvalue weighted by atomic mass is 32.1. The van der Waals surface area contributed by atoms with Crippen LogP contribution in [0.2, 0.25) is 0 Å². The minimum atomic E-state index is -0.651. The molecule has 0 unspecified atom stereocenters. The predicted molar refractivity (Wildman–Crippen MR) is 108 cm³/mol. The van der Waals surface area contributed by atoms with Crippen LogP contribution < -0.4 is 10.1 Å². The third-order valence-corrected chi connectivity index (χ3v) is 4.66. The van der Waals surface area contributed by atoms with E-state index in [0.29, 0.717) is 16.6 Å². The number of anilines is 1. The van der Waals surface area contributed by atoms with Crippen molar-refractivity contribution in [3.8, 4) is 5.75 Å². The highest BCUT2D eigenvalue weighted by Crippen LogP contribution is 2.27. The summed E-state index contributed by atoms with van der Waals surface area (Å²) >= 11 is 1.16. The normalized spacial score (nSPS) is 10.5. The molecular formula is C20H24N2O6S. The summed E-state index contributed by atoms with van der Waals surface area (Å²) in [5.74, 6) is -0.731. The van der Waals surface area contributed by atoms with E-state index < -0.39 is 24.5 Å². The molecule has 0 radical (unpaired) electrons. The Morgan fingerprint density at radius 3 is 2.62 bits per heavy atom. The zero-order valence-corrected chi connectivity index (χ0v) is 17.6. The molecule has 1 aromatic carbocycles. The van der Waals surface area contributed by atoms with E-state index in [-0.39, 0.29) is 18.9 Å². The van der Waals surface area contributed by atoms with Gasteiger partial charge in [-0.05, 0) is 30.0 Å². The molecule has 0 fully saturated rings. The van der Waals surface area contributed by atoms with Crippen molar-refractivity contribution >= 4 is 34.3 Å². The average Bonchev–Trinajstić information content (AvgIpc) is 3.10. The maximum atomic E-state index is 11.9. The van der Waals surface area contributed by atoms with E-state index in [1.165, 1.54) is 7.11 Å². The summed E-state index contributed by atoms with van der Waals surface area (Å²) in [6, 6.07) is 5.82. The molecule has 0 saturated heterocycles. The highest BCUT2D eigenvalue weighted by Gasteiger charge is 2.14. The van der Waals surface area contributed by atoms with Crippen LogP contribution in [0.4, 0.5) is 5.13 Å². The summed E-state index contributed by atoms with van der Waals surface area (Å²) in [7, 11) is 1.29. The maximum absolute atomic E-state index is 11.9. The largest absolute Gasteiger partial charge is 0.482 e. The third-order valence-electron chi connectivity index (χ3n) is 3.85. The molecule has 0 spiro atoms. The number of aryl methyl sites for hydroxylation is 1. The summed E-state index contributed by atoms with van der Waals surface area (Å²) in [5, 5.41) is 4.46. The number of methoxy groups -OCH3 is 1. The fourth-order valence-electron chi connectivity index (χ4n) is 2.39. The first kappa shape index (κ1) is 22.4. The Balaban J connectivity index is 1.79. The lowest BCUT2D eigenvalue weighted by Gasteiger charge is -2.14. The van der Waals surface area contributed by atoms with Gasteiger partial charge in [-0.1, -0.05) is 26.0 Å². The lowest BCUT2D eigenvalue weighted by Crippen LogP contribution is -2.23. The minimum Gasteiger partial charge on any atom is -0.482 e. The lowest BCUT2D eigenvalue weighted by atomic mass is 10.0. The monoisotopic (exact) mass is 420 g/mol. The molecule has 156 valence electrons. The Bertz CT molecular complexity index is 878. The van der Waals surface area contributed by atoms with Crippen LogP contribution in [0.3, 0.4) is 0 Å². The molecule has 0 saturated carbocycles. The van der Waals surface area contributed by atoms with Crippen LogP contribution >= 0.6 is 11.3 Å². The van der Waals surface area contributed by atoms with Crippen molar-refractivity contribution in [2.45, 2.75) is 33.1 Å². The van der Waals surface area contributed by atoms with Gasteiger partial charge in [0.25, 0.3) is 5.91 Å². The van der Waals surface area contributed by atoms with Crippen LogP contribution in [-0.2, 0) is 30.3 Å². The van der Waals surface area contributed by atoms with Gasteiger partial charge in [-0.2, -0.15) is 0 Å². The third kappa shape index (κ3) is 7.19. The molecule has 0 aliphatic heterocycles. The Hall–Kier alpha value is -2.94. The molecule has 9 heteroatoms. The van der Waals surface area contributed by atoms with Crippen LogP contribution in [0.5, 0.6) is 5.75 Å². The van der Waals surface area contributed by atoms with Crippen molar-refractivity contribution < 1.29 is 28.6 Å². The van der Waals surface area contributed by atoms with E-state index in [2.05, 4.69) is 15.0 Å². The number of esters is 2. The van der Waals surface area contributed by atoms with Gasteiger partial charge in [0.05, 0.1) is 19.2 Å². The lowest BCUT2D eigenvalue weighted by molar-refractivity contribution is -0.149. The number of nitrogens with one attached hydrogen (secondary N) is 1. The number of hydrogen-bond acceptors (Lipinski definition) is 8. The zero-order valence-electron chi connectivity index (χ0n) is 16.8. The smallest absolute Gasteiger partial charge is 0.344 e. The van der Waals surface area contributed by atoms with Crippen molar-refractivity contribution in [1.29, 1.82) is 0 Å². The number of amides is 1. The zero-order chi connectivity index (χ0) is 21.4. The van der Waals surface area contributed by atoms with Crippen molar-refractivity contribution in [3.05, 3.63) is 40.4 Å². The van der Waals surface area contributed by atoms with Crippen molar-refractivity contribution in [2.75, 3.05) is 25.6 Å². The number of rotatable bonds is 9. The highest BCUT2D eigenvalue weighted by molar-refractivity contribution is 7.13. The summed E-state index contributed by atoms with van der Waals surface area (Å²) < 4.78 is 15.1. The number of aromatic nitrogens is 1. The molecule has 1 aromatic heterocycles. The van der Waals surface area contributed by atoms with Crippen LogP contribution in [0.25, 0.3) is 0 Å². The number of ether oxygens (including phenoxy) is 3. The van der Waals surface area contributed by atoms with Crippen LogP contribution in [0.15, 0.2) is 23.6 Å². The average molecular weight is 420 g/mol. The van der Waals surface area contributed by atoms with Gasteiger partial charge in [0.1, 0.15) is 5.75 Å². The topological polar surface area (TPSA) is 104 Å². The predicted octanol–water partition coefficient (Wildman–Crippen LogP) is 2.85. The Morgan fingerprint density at radius 1 is 1.17 bits per heavy atom. The van der Waals surface area contributed by atoms with E-state index >= 15 is 0 Å². The van der Waals surface area contributed by atoms with E-state index in [1.54, 1.807) is 5.38 Å². The second-order valence-corrected chi connectivity index (χ2v) is 7.45. The molecule has 2 aromatic rings. The fourth-order valence-corrected chi connectivity index (χ4v) is 3.12. The van der Waals surface area contributed by atoms with Gasteiger partial charge in [-0.25, -0.2) is 9.78 Å². The number of carbonyl (C=O) groups excluding carboxylic acids is 3. The maximum Gasteiger partial charge on any atom is 0.344 e. The number of thiazole rings is 1. The van der Waals surface area contributed by atoms with Crippen LogP contribution in [0, 0.1) is 6.92 Å². The first-order chi connectivity index (χ1) is 13.8. The Labute approximate surface area is 173 Å². The molecule has 1 N–H and O–H groups in total. The SMILES string of the molecule is COC(=O)Cc1csc(NC(=O)COC(=O)COc2cc(C)ccc2C(C)C)n1. The van der Waals surface area contributed by atoms with Gasteiger partial charge in [0, 0.05) is 5.38 Å². The molecule has 1 amide bonds. The van der Waals surface area contributed by atoms with E-state index in [1.807, 2.05) is 39.0 Å². The first-order valence-electron chi connectivity index (χ1n) is 8.98. The van der Waals surface area contributed by atoms with Crippen molar-refractivity contribution in [2.24, 2.45) is 0 Å². The summed E-state index contributed by atoms with van der Waals surface area (Å²) in [5.41, 5.74) is 2.50. The quantitative estimate of drug-likeness (QED) is 0.622. The van der Waals surface area contributed by atoms with Gasteiger partial charge in [0.2, 0.25) is 0 Å². The molecule has 0 bridgehead atoms. The van der Waals surface area contributed by atoms with Gasteiger partial charge >= 0.3 is 11.9 Å². The van der Waals surface area contributed by atoms with Gasteiger partial charge in [0.15, 0.2) is 18.3 Å². The Kier molecular flexibility index (Phi) is 8.14. The minimum absolute atomic E-state index is 0.0204.